The molecule has 0 aliphatic heterocycles. The van der Waals surface area contributed by atoms with Crippen LogP contribution in [0.2, 0.25) is 0 Å². The number of benzene rings is 1. The lowest BCUT2D eigenvalue weighted by molar-refractivity contribution is 0.0689. The molecule has 1 heterocycles. The molecule has 2 rings (SSSR count). The summed E-state index contributed by atoms with van der Waals surface area (Å²) < 4.78 is 1.55. The summed E-state index contributed by atoms with van der Waals surface area (Å²) in [4.78, 5) is 11.0. The van der Waals surface area contributed by atoms with Gasteiger partial charge in [0.05, 0.1) is 5.69 Å². The molecule has 0 saturated carbocycles. The Morgan fingerprint density at radius 2 is 1.87 bits per heavy atom. The van der Waals surface area contributed by atoms with Crippen molar-refractivity contribution in [2.75, 3.05) is 5.73 Å². The fraction of sp³-hybridized carbons (Fsp3) is 0. The van der Waals surface area contributed by atoms with Gasteiger partial charge in [-0.05, 0) is 18.2 Å². The second kappa shape index (κ2) is 3.49. The van der Waals surface area contributed by atoms with Gasteiger partial charge in [0, 0.05) is 11.9 Å². The first-order chi connectivity index (χ1) is 7.20. The molecule has 2 aromatic rings. The summed E-state index contributed by atoms with van der Waals surface area (Å²) in [6, 6.07) is 10.8. The van der Waals surface area contributed by atoms with E-state index in [9.17, 15) is 4.79 Å². The van der Waals surface area contributed by atoms with Gasteiger partial charge in [-0.2, -0.15) is 0 Å². The van der Waals surface area contributed by atoms with Crippen molar-refractivity contribution in [3.63, 3.8) is 0 Å². The third-order valence-electron chi connectivity index (χ3n) is 2.15. The van der Waals surface area contributed by atoms with Gasteiger partial charge in [-0.25, -0.2) is 4.79 Å². The Balaban J connectivity index is 2.59. The van der Waals surface area contributed by atoms with E-state index < -0.39 is 5.97 Å². The highest BCUT2D eigenvalue weighted by Gasteiger charge is 2.14. The molecule has 0 bridgehead atoms. The quantitative estimate of drug-likeness (QED) is 0.779. The maximum atomic E-state index is 11.0. The average Bonchev–Trinajstić information content (AvgIpc) is 2.61. The third kappa shape index (κ3) is 1.57. The van der Waals surface area contributed by atoms with Crippen molar-refractivity contribution in [1.82, 2.24) is 4.57 Å². The Morgan fingerprint density at radius 3 is 2.47 bits per heavy atom. The zero-order valence-corrected chi connectivity index (χ0v) is 7.92. The van der Waals surface area contributed by atoms with Gasteiger partial charge in [0.25, 0.3) is 0 Å². The second-order valence-corrected chi connectivity index (χ2v) is 3.13. The van der Waals surface area contributed by atoms with Crippen LogP contribution in [-0.2, 0) is 0 Å². The third-order valence-corrected chi connectivity index (χ3v) is 2.15. The molecule has 0 aliphatic rings. The number of hydrogen-bond donors (Lipinski definition) is 2. The van der Waals surface area contributed by atoms with Gasteiger partial charge < -0.3 is 15.4 Å². The standard InChI is InChI=1S/C11H10N2O2/c12-9-6-7-13(10(9)11(14)15)8-4-2-1-3-5-8/h1-7H,12H2,(H,14,15). The van der Waals surface area contributed by atoms with Crippen LogP contribution in [0.4, 0.5) is 5.69 Å². The van der Waals surface area contributed by atoms with E-state index in [1.54, 1.807) is 16.8 Å². The lowest BCUT2D eigenvalue weighted by Crippen LogP contribution is -2.08. The van der Waals surface area contributed by atoms with E-state index >= 15 is 0 Å². The minimum absolute atomic E-state index is 0.0983. The minimum atomic E-state index is -1.03. The summed E-state index contributed by atoms with van der Waals surface area (Å²) in [5.41, 5.74) is 6.73. The number of carboxylic acid groups (broad SMARTS) is 1. The number of rotatable bonds is 2. The fourth-order valence-electron chi connectivity index (χ4n) is 1.48. The number of aromatic carboxylic acids is 1. The van der Waals surface area contributed by atoms with E-state index in [0.29, 0.717) is 0 Å². The number of nitrogens with zero attached hydrogens (tertiary/aromatic N) is 1. The van der Waals surface area contributed by atoms with Gasteiger partial charge in [-0.3, -0.25) is 0 Å². The highest BCUT2D eigenvalue weighted by atomic mass is 16.4. The van der Waals surface area contributed by atoms with Gasteiger partial charge in [0.2, 0.25) is 0 Å². The summed E-state index contributed by atoms with van der Waals surface area (Å²) in [6.45, 7) is 0. The normalized spacial score (nSPS) is 10.1. The Hall–Kier alpha value is -2.23. The predicted molar refractivity (Wildman–Crippen MR) is 57.1 cm³/mol. The minimum Gasteiger partial charge on any atom is -0.476 e. The van der Waals surface area contributed by atoms with Crippen molar-refractivity contribution in [3.05, 3.63) is 48.3 Å². The zero-order chi connectivity index (χ0) is 10.8. The highest BCUT2D eigenvalue weighted by molar-refractivity contribution is 5.92. The Labute approximate surface area is 86.6 Å². The predicted octanol–water partition coefficient (Wildman–Crippen LogP) is 1.76. The highest BCUT2D eigenvalue weighted by Crippen LogP contribution is 2.18. The number of aromatic nitrogens is 1. The van der Waals surface area contributed by atoms with E-state index in [1.807, 2.05) is 30.3 Å². The van der Waals surface area contributed by atoms with Gasteiger partial charge in [0.15, 0.2) is 5.69 Å². The molecule has 0 amide bonds. The SMILES string of the molecule is Nc1ccn(-c2ccccc2)c1C(=O)O. The van der Waals surface area contributed by atoms with E-state index in [4.69, 9.17) is 10.8 Å². The Kier molecular flexibility index (Phi) is 2.17. The second-order valence-electron chi connectivity index (χ2n) is 3.13. The number of para-hydroxylation sites is 1. The molecule has 0 aliphatic carbocycles. The van der Waals surface area contributed by atoms with Crippen LogP contribution >= 0.6 is 0 Å². The molecule has 1 aromatic carbocycles. The molecule has 0 fully saturated rings. The molecule has 0 radical (unpaired) electrons. The number of hydrogen-bond acceptors (Lipinski definition) is 2. The van der Waals surface area contributed by atoms with E-state index in [1.165, 1.54) is 0 Å². The maximum Gasteiger partial charge on any atom is 0.355 e. The summed E-state index contributed by atoms with van der Waals surface area (Å²) in [6.07, 6.45) is 1.65. The topological polar surface area (TPSA) is 68.2 Å². The van der Waals surface area contributed by atoms with Crippen LogP contribution in [0.1, 0.15) is 10.5 Å². The zero-order valence-electron chi connectivity index (χ0n) is 7.92. The largest absolute Gasteiger partial charge is 0.476 e. The molecular formula is C11H10N2O2. The molecule has 0 unspecified atom stereocenters. The van der Waals surface area contributed by atoms with Crippen molar-refractivity contribution in [2.45, 2.75) is 0 Å². The smallest absolute Gasteiger partial charge is 0.355 e. The first kappa shape index (κ1) is 9.33. The number of carboxylic acids is 1. The lowest BCUT2D eigenvalue weighted by atomic mass is 10.3. The van der Waals surface area contributed by atoms with Crippen LogP contribution in [0, 0.1) is 0 Å². The van der Waals surface area contributed by atoms with Gasteiger partial charge in [0.1, 0.15) is 0 Å². The van der Waals surface area contributed by atoms with Gasteiger partial charge >= 0.3 is 5.97 Å². The summed E-state index contributed by atoms with van der Waals surface area (Å²) in [7, 11) is 0. The maximum absolute atomic E-state index is 11.0. The average molecular weight is 202 g/mol. The van der Waals surface area contributed by atoms with Crippen LogP contribution in [0.3, 0.4) is 0 Å². The van der Waals surface area contributed by atoms with Crippen LogP contribution in [0.5, 0.6) is 0 Å². The molecule has 0 saturated heterocycles. The molecule has 0 atom stereocenters. The van der Waals surface area contributed by atoms with Crippen LogP contribution in [0.15, 0.2) is 42.6 Å². The number of nitrogen functional groups attached to an aromatic ring is 1. The van der Waals surface area contributed by atoms with E-state index in [2.05, 4.69) is 0 Å². The van der Waals surface area contributed by atoms with E-state index in [-0.39, 0.29) is 11.4 Å². The Morgan fingerprint density at radius 1 is 1.20 bits per heavy atom. The van der Waals surface area contributed by atoms with Crippen LogP contribution in [0.25, 0.3) is 5.69 Å². The van der Waals surface area contributed by atoms with Gasteiger partial charge in [-0.1, -0.05) is 18.2 Å². The molecule has 15 heavy (non-hydrogen) atoms. The Bertz CT molecular complexity index is 489. The molecule has 4 heteroatoms. The van der Waals surface area contributed by atoms with Crippen molar-refractivity contribution in [3.8, 4) is 5.69 Å². The van der Waals surface area contributed by atoms with Crippen LogP contribution in [-0.4, -0.2) is 15.6 Å². The summed E-state index contributed by atoms with van der Waals surface area (Å²) in [5.74, 6) is -1.03. The summed E-state index contributed by atoms with van der Waals surface area (Å²) >= 11 is 0. The number of carbonyl (C=O) groups is 1. The molecule has 3 N–H and O–H groups in total. The van der Waals surface area contributed by atoms with Gasteiger partial charge in [-0.15, -0.1) is 0 Å². The van der Waals surface area contributed by atoms with Crippen molar-refractivity contribution in [1.29, 1.82) is 0 Å². The van der Waals surface area contributed by atoms with E-state index in [0.717, 1.165) is 5.69 Å². The lowest BCUT2D eigenvalue weighted by Gasteiger charge is -2.05. The van der Waals surface area contributed by atoms with Crippen molar-refractivity contribution in [2.24, 2.45) is 0 Å². The monoisotopic (exact) mass is 202 g/mol. The van der Waals surface area contributed by atoms with Crippen molar-refractivity contribution < 1.29 is 9.90 Å². The van der Waals surface area contributed by atoms with Crippen molar-refractivity contribution >= 4 is 11.7 Å². The molecular weight excluding hydrogens is 192 g/mol. The number of nitrogens with two attached hydrogens (primary N) is 1. The fourth-order valence-corrected chi connectivity index (χ4v) is 1.48. The number of anilines is 1. The molecule has 0 spiro atoms. The molecule has 76 valence electrons. The van der Waals surface area contributed by atoms with Crippen LogP contribution < -0.4 is 5.73 Å². The molecule has 1 aromatic heterocycles. The first-order valence-electron chi connectivity index (χ1n) is 4.45. The molecule has 4 nitrogen and oxygen atoms in total. The first-order valence-corrected chi connectivity index (χ1v) is 4.45. The summed E-state index contributed by atoms with van der Waals surface area (Å²) in [5, 5.41) is 9.00.